The highest BCUT2D eigenvalue weighted by Crippen LogP contribution is 2.28. The van der Waals surface area contributed by atoms with E-state index in [1.54, 1.807) is 13.3 Å². The maximum Gasteiger partial charge on any atom is 0.244 e. The number of amides is 1. The molecule has 3 aromatic carbocycles. The molecule has 154 valence electrons. The first-order chi connectivity index (χ1) is 14.7. The molecule has 0 saturated heterocycles. The van der Waals surface area contributed by atoms with E-state index in [9.17, 15) is 4.79 Å². The average Bonchev–Trinajstić information content (AvgIpc) is 2.79. The second-order valence-electron chi connectivity index (χ2n) is 6.82. The molecule has 0 radical (unpaired) electrons. The van der Waals surface area contributed by atoms with Gasteiger partial charge in [-0.25, -0.2) is 5.43 Å². The molecule has 3 rings (SSSR count). The number of methoxy groups -OCH3 is 1. The van der Waals surface area contributed by atoms with Crippen molar-refractivity contribution < 1.29 is 14.3 Å². The number of carbonyl (C=O) groups excluding carboxylic acids is 1. The van der Waals surface area contributed by atoms with Gasteiger partial charge in [0.1, 0.15) is 6.61 Å². The van der Waals surface area contributed by atoms with Gasteiger partial charge in [0.2, 0.25) is 5.91 Å². The van der Waals surface area contributed by atoms with E-state index < -0.39 is 0 Å². The Balaban J connectivity index is 1.54. The van der Waals surface area contributed by atoms with Gasteiger partial charge in [0.25, 0.3) is 0 Å². The Morgan fingerprint density at radius 1 is 0.933 bits per heavy atom. The van der Waals surface area contributed by atoms with Crippen molar-refractivity contribution in [2.45, 2.75) is 26.4 Å². The quantitative estimate of drug-likeness (QED) is 0.423. The van der Waals surface area contributed by atoms with E-state index in [0.717, 1.165) is 23.1 Å². The van der Waals surface area contributed by atoms with Crippen LogP contribution in [0.2, 0.25) is 0 Å². The number of ether oxygens (including phenoxy) is 2. The Morgan fingerprint density at radius 2 is 1.67 bits per heavy atom. The standard InChI is InChI=1S/C25H26N2O3/c1-3-19-9-11-20(12-10-19)16-25(28)27-26-17-22-13-14-23(24(15-22)29-2)30-18-21-7-5-4-6-8-21/h4-15,17H,3,16,18H2,1-2H3,(H,27,28)/b26-17+. The van der Waals surface area contributed by atoms with Crippen molar-refractivity contribution in [3.05, 3.63) is 95.1 Å². The molecule has 3 aromatic rings. The molecule has 0 spiro atoms. The number of benzene rings is 3. The second kappa shape index (κ2) is 10.8. The Labute approximate surface area is 177 Å². The fourth-order valence-electron chi connectivity index (χ4n) is 2.92. The van der Waals surface area contributed by atoms with Crippen LogP contribution in [0.4, 0.5) is 0 Å². The molecule has 0 atom stereocenters. The number of hydrogen-bond acceptors (Lipinski definition) is 4. The number of hydrazone groups is 1. The Hall–Kier alpha value is -3.60. The summed E-state index contributed by atoms with van der Waals surface area (Å²) in [6, 6.07) is 23.5. The van der Waals surface area contributed by atoms with Crippen molar-refractivity contribution in [3.63, 3.8) is 0 Å². The van der Waals surface area contributed by atoms with Crippen LogP contribution in [0, 0.1) is 0 Å². The molecule has 0 aliphatic rings. The smallest absolute Gasteiger partial charge is 0.244 e. The van der Waals surface area contributed by atoms with Gasteiger partial charge in [-0.2, -0.15) is 5.10 Å². The van der Waals surface area contributed by atoms with Crippen LogP contribution < -0.4 is 14.9 Å². The SMILES string of the molecule is CCc1ccc(CC(=O)N/N=C/c2ccc(OCc3ccccc3)c(OC)c2)cc1. The van der Waals surface area contributed by atoms with Gasteiger partial charge in [-0.15, -0.1) is 0 Å². The molecule has 0 aromatic heterocycles. The third-order valence-corrected chi connectivity index (χ3v) is 4.62. The van der Waals surface area contributed by atoms with Crippen LogP contribution in [0.3, 0.4) is 0 Å². The zero-order valence-corrected chi connectivity index (χ0v) is 17.3. The maximum atomic E-state index is 12.1. The van der Waals surface area contributed by atoms with Gasteiger partial charge < -0.3 is 9.47 Å². The van der Waals surface area contributed by atoms with E-state index in [1.807, 2.05) is 72.8 Å². The first kappa shape index (κ1) is 21.1. The highest BCUT2D eigenvalue weighted by Gasteiger charge is 2.06. The molecule has 0 bridgehead atoms. The molecule has 0 heterocycles. The molecule has 1 amide bonds. The third-order valence-electron chi connectivity index (χ3n) is 4.62. The van der Waals surface area contributed by atoms with E-state index in [0.29, 0.717) is 18.1 Å². The van der Waals surface area contributed by atoms with Crippen LogP contribution in [0.5, 0.6) is 11.5 Å². The number of rotatable bonds is 9. The summed E-state index contributed by atoms with van der Waals surface area (Å²) in [6.45, 7) is 2.56. The first-order valence-electron chi connectivity index (χ1n) is 9.92. The lowest BCUT2D eigenvalue weighted by molar-refractivity contribution is -0.120. The van der Waals surface area contributed by atoms with Crippen molar-refractivity contribution in [3.8, 4) is 11.5 Å². The molecule has 0 saturated carbocycles. The molecule has 0 aliphatic carbocycles. The van der Waals surface area contributed by atoms with Crippen LogP contribution in [0.1, 0.15) is 29.2 Å². The van der Waals surface area contributed by atoms with Crippen molar-refractivity contribution in [2.75, 3.05) is 7.11 Å². The van der Waals surface area contributed by atoms with Crippen molar-refractivity contribution in [1.82, 2.24) is 5.43 Å². The summed E-state index contributed by atoms with van der Waals surface area (Å²) in [7, 11) is 1.59. The number of nitrogens with one attached hydrogen (secondary N) is 1. The predicted octanol–water partition coefficient (Wildman–Crippen LogP) is 4.53. The van der Waals surface area contributed by atoms with Crippen LogP contribution in [-0.2, 0) is 24.2 Å². The lowest BCUT2D eigenvalue weighted by Crippen LogP contribution is -2.19. The van der Waals surface area contributed by atoms with Crippen molar-refractivity contribution in [2.24, 2.45) is 5.10 Å². The monoisotopic (exact) mass is 402 g/mol. The van der Waals surface area contributed by atoms with Crippen molar-refractivity contribution >= 4 is 12.1 Å². The van der Waals surface area contributed by atoms with E-state index in [1.165, 1.54) is 5.56 Å². The van der Waals surface area contributed by atoms with Crippen LogP contribution in [0.25, 0.3) is 0 Å². The van der Waals surface area contributed by atoms with Gasteiger partial charge in [-0.05, 0) is 46.9 Å². The van der Waals surface area contributed by atoms with Crippen molar-refractivity contribution in [1.29, 1.82) is 0 Å². The highest BCUT2D eigenvalue weighted by atomic mass is 16.5. The summed E-state index contributed by atoms with van der Waals surface area (Å²) < 4.78 is 11.3. The fourth-order valence-corrected chi connectivity index (χ4v) is 2.92. The Kier molecular flexibility index (Phi) is 7.61. The number of hydrogen-bond donors (Lipinski definition) is 1. The Morgan fingerprint density at radius 3 is 2.37 bits per heavy atom. The second-order valence-corrected chi connectivity index (χ2v) is 6.82. The van der Waals surface area contributed by atoms with Crippen LogP contribution in [-0.4, -0.2) is 19.2 Å². The lowest BCUT2D eigenvalue weighted by atomic mass is 10.1. The maximum absolute atomic E-state index is 12.1. The van der Waals surface area contributed by atoms with Gasteiger partial charge in [0.15, 0.2) is 11.5 Å². The summed E-state index contributed by atoms with van der Waals surface area (Å²) in [5.41, 5.74) is 6.66. The van der Waals surface area contributed by atoms with E-state index in [4.69, 9.17) is 9.47 Å². The molecule has 30 heavy (non-hydrogen) atoms. The first-order valence-corrected chi connectivity index (χ1v) is 9.92. The molecule has 0 unspecified atom stereocenters. The van der Waals surface area contributed by atoms with Gasteiger partial charge in [-0.3, -0.25) is 4.79 Å². The zero-order chi connectivity index (χ0) is 21.2. The largest absolute Gasteiger partial charge is 0.493 e. The summed E-state index contributed by atoms with van der Waals surface area (Å²) in [6.07, 6.45) is 2.86. The number of carbonyl (C=O) groups is 1. The van der Waals surface area contributed by atoms with E-state index in [-0.39, 0.29) is 12.3 Å². The normalized spacial score (nSPS) is 10.7. The summed E-state index contributed by atoms with van der Waals surface area (Å²) >= 11 is 0. The molecular formula is C25H26N2O3. The highest BCUT2D eigenvalue weighted by molar-refractivity contribution is 5.84. The van der Waals surface area contributed by atoms with Gasteiger partial charge >= 0.3 is 0 Å². The molecule has 0 aliphatic heterocycles. The fraction of sp³-hybridized carbons (Fsp3) is 0.200. The third kappa shape index (κ3) is 6.21. The molecule has 5 heteroatoms. The summed E-state index contributed by atoms with van der Waals surface area (Å²) in [4.78, 5) is 12.1. The predicted molar refractivity (Wildman–Crippen MR) is 119 cm³/mol. The van der Waals surface area contributed by atoms with Gasteiger partial charge in [0, 0.05) is 0 Å². The summed E-state index contributed by atoms with van der Waals surface area (Å²) in [5, 5.41) is 4.05. The molecule has 0 fully saturated rings. The van der Waals surface area contributed by atoms with E-state index in [2.05, 4.69) is 17.5 Å². The minimum atomic E-state index is -0.162. The lowest BCUT2D eigenvalue weighted by Gasteiger charge is -2.11. The minimum Gasteiger partial charge on any atom is -0.493 e. The number of aryl methyl sites for hydroxylation is 1. The minimum absolute atomic E-state index is 0.162. The number of nitrogens with zero attached hydrogens (tertiary/aromatic N) is 1. The molecule has 1 N–H and O–H groups in total. The van der Waals surface area contributed by atoms with Crippen LogP contribution in [0.15, 0.2) is 77.9 Å². The zero-order valence-electron chi connectivity index (χ0n) is 17.3. The average molecular weight is 402 g/mol. The molecular weight excluding hydrogens is 376 g/mol. The van der Waals surface area contributed by atoms with Gasteiger partial charge in [-0.1, -0.05) is 61.5 Å². The molecule has 5 nitrogen and oxygen atoms in total. The summed E-state index contributed by atoms with van der Waals surface area (Å²) in [5.74, 6) is 1.10. The topological polar surface area (TPSA) is 59.9 Å². The van der Waals surface area contributed by atoms with Gasteiger partial charge in [0.05, 0.1) is 19.7 Å². The van der Waals surface area contributed by atoms with E-state index >= 15 is 0 Å². The Bertz CT molecular complexity index is 983. The van der Waals surface area contributed by atoms with Crippen LogP contribution >= 0.6 is 0 Å².